The molecule has 0 aliphatic rings. The molecule has 0 aromatic heterocycles. The van der Waals surface area contributed by atoms with Crippen LogP contribution >= 0.6 is 11.6 Å². The van der Waals surface area contributed by atoms with Gasteiger partial charge in [0.2, 0.25) is 0 Å². The van der Waals surface area contributed by atoms with Gasteiger partial charge in [-0.15, -0.1) is 0 Å². The van der Waals surface area contributed by atoms with Crippen LogP contribution in [-0.4, -0.2) is 13.1 Å². The molecule has 2 atom stereocenters. The SMILES string of the molecule is CCNCC(OC(C)c1ccccc1)c1ccccc1Cl. The van der Waals surface area contributed by atoms with Crippen LogP contribution in [0, 0.1) is 0 Å². The van der Waals surface area contributed by atoms with Gasteiger partial charge in [-0.3, -0.25) is 0 Å². The Morgan fingerprint density at radius 2 is 1.71 bits per heavy atom. The summed E-state index contributed by atoms with van der Waals surface area (Å²) in [6.45, 7) is 5.82. The van der Waals surface area contributed by atoms with Gasteiger partial charge in [0.05, 0.1) is 12.2 Å². The summed E-state index contributed by atoms with van der Waals surface area (Å²) in [5, 5.41) is 4.10. The number of benzene rings is 2. The van der Waals surface area contributed by atoms with Gasteiger partial charge in [0.25, 0.3) is 0 Å². The third kappa shape index (κ3) is 4.57. The highest BCUT2D eigenvalue weighted by Gasteiger charge is 2.18. The van der Waals surface area contributed by atoms with Crippen molar-refractivity contribution in [3.05, 3.63) is 70.7 Å². The normalized spacial score (nSPS) is 13.9. The average Bonchev–Trinajstić information content (AvgIpc) is 2.53. The lowest BCUT2D eigenvalue weighted by molar-refractivity contribution is -0.00404. The van der Waals surface area contributed by atoms with Crippen molar-refractivity contribution in [3.8, 4) is 0 Å². The predicted octanol–water partition coefficient (Wildman–Crippen LogP) is 4.77. The highest BCUT2D eigenvalue weighted by molar-refractivity contribution is 6.31. The van der Waals surface area contributed by atoms with Gasteiger partial charge in [0.15, 0.2) is 0 Å². The Hall–Kier alpha value is -1.35. The Morgan fingerprint density at radius 3 is 2.38 bits per heavy atom. The Balaban J connectivity index is 2.15. The van der Waals surface area contributed by atoms with E-state index < -0.39 is 0 Å². The monoisotopic (exact) mass is 303 g/mol. The van der Waals surface area contributed by atoms with Crippen LogP contribution in [0.5, 0.6) is 0 Å². The molecule has 0 saturated heterocycles. The van der Waals surface area contributed by atoms with Crippen LogP contribution in [0.15, 0.2) is 54.6 Å². The number of hydrogen-bond donors (Lipinski definition) is 1. The number of likely N-dealkylation sites (N-methyl/N-ethyl adjacent to an activating group) is 1. The number of nitrogens with one attached hydrogen (secondary N) is 1. The fraction of sp³-hybridized carbons (Fsp3) is 0.333. The Bertz CT molecular complexity index is 544. The first-order valence-electron chi connectivity index (χ1n) is 7.38. The third-order valence-electron chi connectivity index (χ3n) is 3.47. The maximum atomic E-state index is 6.32. The fourth-order valence-corrected chi connectivity index (χ4v) is 2.55. The molecule has 0 aliphatic heterocycles. The van der Waals surface area contributed by atoms with Gasteiger partial charge in [0, 0.05) is 17.1 Å². The maximum absolute atomic E-state index is 6.32. The van der Waals surface area contributed by atoms with Crippen LogP contribution in [0.4, 0.5) is 0 Å². The van der Waals surface area contributed by atoms with Crippen molar-refractivity contribution in [1.29, 1.82) is 0 Å². The van der Waals surface area contributed by atoms with E-state index in [1.807, 2.05) is 42.5 Å². The molecule has 2 aromatic carbocycles. The van der Waals surface area contributed by atoms with Crippen molar-refractivity contribution >= 4 is 11.6 Å². The molecule has 0 heterocycles. The van der Waals surface area contributed by atoms with Gasteiger partial charge in [-0.2, -0.15) is 0 Å². The first-order chi connectivity index (χ1) is 10.2. The van der Waals surface area contributed by atoms with Crippen molar-refractivity contribution in [2.45, 2.75) is 26.1 Å². The summed E-state index contributed by atoms with van der Waals surface area (Å²) < 4.78 is 6.26. The molecule has 0 saturated carbocycles. The molecule has 2 aromatic rings. The quantitative estimate of drug-likeness (QED) is 0.795. The topological polar surface area (TPSA) is 21.3 Å². The summed E-state index contributed by atoms with van der Waals surface area (Å²) in [6, 6.07) is 18.1. The van der Waals surface area contributed by atoms with Crippen molar-refractivity contribution in [2.75, 3.05) is 13.1 Å². The Kier molecular flexibility index (Phi) is 6.24. The third-order valence-corrected chi connectivity index (χ3v) is 3.81. The highest BCUT2D eigenvalue weighted by atomic mass is 35.5. The summed E-state index contributed by atoms with van der Waals surface area (Å²) in [5.74, 6) is 0. The maximum Gasteiger partial charge on any atom is 0.0971 e. The largest absolute Gasteiger partial charge is 0.365 e. The number of ether oxygens (including phenoxy) is 1. The molecule has 2 unspecified atom stereocenters. The summed E-state index contributed by atoms with van der Waals surface area (Å²) in [5.41, 5.74) is 2.20. The second-order valence-electron chi connectivity index (χ2n) is 5.01. The van der Waals surface area contributed by atoms with E-state index in [4.69, 9.17) is 16.3 Å². The molecule has 0 fully saturated rings. The molecule has 0 radical (unpaired) electrons. The lowest BCUT2D eigenvalue weighted by atomic mass is 10.1. The van der Waals surface area contributed by atoms with Crippen molar-refractivity contribution in [3.63, 3.8) is 0 Å². The minimum atomic E-state index is -0.0612. The van der Waals surface area contributed by atoms with Crippen LogP contribution in [0.25, 0.3) is 0 Å². The average molecular weight is 304 g/mol. The van der Waals surface area contributed by atoms with E-state index in [-0.39, 0.29) is 12.2 Å². The zero-order valence-corrected chi connectivity index (χ0v) is 13.3. The van der Waals surface area contributed by atoms with E-state index in [0.29, 0.717) is 0 Å². The zero-order valence-electron chi connectivity index (χ0n) is 12.6. The van der Waals surface area contributed by atoms with Crippen LogP contribution < -0.4 is 5.32 Å². The van der Waals surface area contributed by atoms with Crippen LogP contribution in [0.3, 0.4) is 0 Å². The van der Waals surface area contributed by atoms with E-state index in [9.17, 15) is 0 Å². The van der Waals surface area contributed by atoms with Gasteiger partial charge in [-0.1, -0.05) is 67.1 Å². The Morgan fingerprint density at radius 1 is 1.05 bits per heavy atom. The standard InChI is InChI=1S/C18H22ClNO/c1-3-20-13-18(16-11-7-8-12-17(16)19)21-14(2)15-9-5-4-6-10-15/h4-12,14,18,20H,3,13H2,1-2H3. The molecular weight excluding hydrogens is 282 g/mol. The van der Waals surface area contributed by atoms with Gasteiger partial charge in [-0.05, 0) is 25.1 Å². The molecule has 2 nitrogen and oxygen atoms in total. The van der Waals surface area contributed by atoms with Crippen LogP contribution in [0.1, 0.15) is 37.2 Å². The lowest BCUT2D eigenvalue weighted by Crippen LogP contribution is -2.24. The first-order valence-corrected chi connectivity index (χ1v) is 7.75. The molecule has 21 heavy (non-hydrogen) atoms. The Labute approximate surface area is 132 Å². The van der Waals surface area contributed by atoms with Gasteiger partial charge < -0.3 is 10.1 Å². The molecular formula is C18H22ClNO. The van der Waals surface area contributed by atoms with Gasteiger partial charge in [-0.25, -0.2) is 0 Å². The zero-order chi connectivity index (χ0) is 15.1. The van der Waals surface area contributed by atoms with Crippen molar-refractivity contribution < 1.29 is 4.74 Å². The van der Waals surface area contributed by atoms with E-state index >= 15 is 0 Å². The smallest absolute Gasteiger partial charge is 0.0971 e. The summed E-state index contributed by atoms with van der Waals surface area (Å²) in [4.78, 5) is 0. The fourth-order valence-electron chi connectivity index (χ4n) is 2.29. The highest BCUT2D eigenvalue weighted by Crippen LogP contribution is 2.30. The molecule has 0 amide bonds. The lowest BCUT2D eigenvalue weighted by Gasteiger charge is -2.24. The number of hydrogen-bond acceptors (Lipinski definition) is 2. The van der Waals surface area contributed by atoms with E-state index in [1.54, 1.807) is 0 Å². The summed E-state index contributed by atoms with van der Waals surface area (Å²) in [7, 11) is 0. The van der Waals surface area contributed by atoms with E-state index in [1.165, 1.54) is 5.56 Å². The van der Waals surface area contributed by atoms with Gasteiger partial charge >= 0.3 is 0 Å². The molecule has 2 rings (SSSR count). The summed E-state index contributed by atoms with van der Waals surface area (Å²) in [6.07, 6.45) is -0.0417. The predicted molar refractivity (Wildman–Crippen MR) is 88.7 cm³/mol. The summed E-state index contributed by atoms with van der Waals surface area (Å²) >= 11 is 6.32. The van der Waals surface area contributed by atoms with Gasteiger partial charge in [0.1, 0.15) is 0 Å². The second-order valence-corrected chi connectivity index (χ2v) is 5.41. The minimum absolute atomic E-state index is 0.0196. The number of rotatable bonds is 7. The van der Waals surface area contributed by atoms with E-state index in [2.05, 4.69) is 31.3 Å². The number of halogens is 1. The molecule has 0 aliphatic carbocycles. The second kappa shape index (κ2) is 8.18. The molecule has 0 bridgehead atoms. The van der Waals surface area contributed by atoms with E-state index in [0.717, 1.165) is 23.7 Å². The van der Waals surface area contributed by atoms with Crippen LogP contribution in [-0.2, 0) is 4.74 Å². The first kappa shape index (κ1) is 16.0. The molecule has 112 valence electrons. The molecule has 3 heteroatoms. The molecule has 0 spiro atoms. The minimum Gasteiger partial charge on any atom is -0.365 e. The van der Waals surface area contributed by atoms with Crippen molar-refractivity contribution in [1.82, 2.24) is 5.32 Å². The van der Waals surface area contributed by atoms with Crippen LogP contribution in [0.2, 0.25) is 5.02 Å². The van der Waals surface area contributed by atoms with Crippen molar-refractivity contribution in [2.24, 2.45) is 0 Å². The molecule has 1 N–H and O–H groups in total.